The highest BCUT2D eigenvalue weighted by Gasteiger charge is 2.10. The zero-order valence-electron chi connectivity index (χ0n) is 14.8. The smallest absolute Gasteiger partial charge is 0.246 e. The fourth-order valence-electron chi connectivity index (χ4n) is 2.38. The summed E-state index contributed by atoms with van der Waals surface area (Å²) in [5.41, 5.74) is 1.83. The van der Waals surface area contributed by atoms with E-state index in [1.165, 1.54) is 0 Å². The quantitative estimate of drug-likeness (QED) is 0.614. The zero-order valence-corrected chi connectivity index (χ0v) is 15.5. The van der Waals surface area contributed by atoms with E-state index in [2.05, 4.69) is 15.6 Å². The number of nitrogens with one attached hydrogen (secondary N) is 2. The third-order valence-electron chi connectivity index (χ3n) is 3.60. The Kier molecular flexibility index (Phi) is 6.89. The summed E-state index contributed by atoms with van der Waals surface area (Å²) >= 11 is 6.03. The molecule has 2 rings (SSSR count). The van der Waals surface area contributed by atoms with Gasteiger partial charge in [0.25, 0.3) is 0 Å². The van der Waals surface area contributed by atoms with Gasteiger partial charge in [-0.1, -0.05) is 29.8 Å². The molecule has 0 bridgehead atoms. The van der Waals surface area contributed by atoms with Crippen molar-refractivity contribution < 1.29 is 4.79 Å². The van der Waals surface area contributed by atoms with Gasteiger partial charge in [-0.15, -0.1) is 0 Å². The number of hydrogen-bond donors (Lipinski definition) is 2. The first-order valence-corrected chi connectivity index (χ1v) is 8.52. The average Bonchev–Trinajstić information content (AvgIpc) is 2.89. The first kappa shape index (κ1) is 18.9. The van der Waals surface area contributed by atoms with Gasteiger partial charge < -0.3 is 20.1 Å². The third kappa shape index (κ3) is 5.83. The van der Waals surface area contributed by atoms with Crippen molar-refractivity contribution in [3.05, 3.63) is 53.3 Å². The monoisotopic (exact) mass is 361 g/mol. The molecule has 0 saturated heterocycles. The fourth-order valence-corrected chi connectivity index (χ4v) is 2.65. The van der Waals surface area contributed by atoms with Crippen molar-refractivity contribution in [3.63, 3.8) is 0 Å². The molecule has 0 fully saturated rings. The maximum absolute atomic E-state index is 12.1. The highest BCUT2D eigenvalue weighted by molar-refractivity contribution is 6.30. The molecule has 1 amide bonds. The predicted molar refractivity (Wildman–Crippen MR) is 103 cm³/mol. The maximum Gasteiger partial charge on any atom is 0.246 e. The Labute approximate surface area is 153 Å². The molecule has 0 aliphatic carbocycles. The second kappa shape index (κ2) is 9.13. The van der Waals surface area contributed by atoms with Crippen LogP contribution < -0.4 is 10.6 Å². The van der Waals surface area contributed by atoms with Crippen LogP contribution in [0.15, 0.2) is 47.6 Å². The predicted octanol–water partition coefficient (Wildman–Crippen LogP) is 2.71. The largest absolute Gasteiger partial charge is 0.357 e. The normalized spacial score (nSPS) is 11.3. The number of carbonyl (C=O) groups is 1. The molecule has 134 valence electrons. The molecule has 0 atom stereocenters. The molecular formula is C18H24ClN5O. The summed E-state index contributed by atoms with van der Waals surface area (Å²) < 4.78 is 1.98. The van der Waals surface area contributed by atoms with Crippen LogP contribution in [0.25, 0.3) is 0 Å². The highest BCUT2D eigenvalue weighted by Crippen LogP contribution is 2.14. The molecule has 1 heterocycles. The number of nitrogens with zero attached hydrogens (tertiary/aromatic N) is 3. The van der Waals surface area contributed by atoms with E-state index in [0.717, 1.165) is 17.9 Å². The molecule has 0 saturated carbocycles. The number of carbonyl (C=O) groups excluding carboxylic acids is 1. The van der Waals surface area contributed by atoms with Crippen LogP contribution in [0.2, 0.25) is 5.02 Å². The van der Waals surface area contributed by atoms with Crippen LogP contribution in [0.1, 0.15) is 12.6 Å². The molecular weight excluding hydrogens is 338 g/mol. The maximum atomic E-state index is 12.1. The molecule has 1 aromatic heterocycles. The summed E-state index contributed by atoms with van der Waals surface area (Å²) in [4.78, 5) is 18.5. The molecule has 0 spiro atoms. The van der Waals surface area contributed by atoms with Crippen molar-refractivity contribution in [1.82, 2.24) is 14.8 Å². The van der Waals surface area contributed by atoms with Crippen LogP contribution in [0.3, 0.4) is 0 Å². The number of anilines is 1. The van der Waals surface area contributed by atoms with E-state index in [1.807, 2.05) is 73.1 Å². The van der Waals surface area contributed by atoms with Crippen LogP contribution in [-0.4, -0.2) is 41.5 Å². The van der Waals surface area contributed by atoms with Gasteiger partial charge in [-0.05, 0) is 25.1 Å². The van der Waals surface area contributed by atoms with E-state index in [0.29, 0.717) is 17.5 Å². The van der Waals surface area contributed by atoms with Crippen molar-refractivity contribution >= 4 is 29.2 Å². The number of aromatic nitrogens is 1. The lowest BCUT2D eigenvalue weighted by Crippen LogP contribution is -2.39. The number of guanidine groups is 1. The van der Waals surface area contributed by atoms with E-state index >= 15 is 0 Å². The minimum Gasteiger partial charge on any atom is -0.357 e. The Morgan fingerprint density at radius 1 is 1.32 bits per heavy atom. The number of aryl methyl sites for hydroxylation is 1. The molecule has 0 unspecified atom stereocenters. The number of amides is 1. The van der Waals surface area contributed by atoms with E-state index in [1.54, 1.807) is 0 Å². The van der Waals surface area contributed by atoms with Crippen molar-refractivity contribution in [2.24, 2.45) is 12.0 Å². The Balaban J connectivity index is 1.99. The molecule has 1 aromatic carbocycles. The van der Waals surface area contributed by atoms with Gasteiger partial charge in [-0.3, -0.25) is 4.79 Å². The number of para-hydroxylation sites is 1. The second-order valence-corrected chi connectivity index (χ2v) is 6.14. The van der Waals surface area contributed by atoms with Gasteiger partial charge >= 0.3 is 0 Å². The van der Waals surface area contributed by atoms with Crippen LogP contribution in [0, 0.1) is 0 Å². The lowest BCUT2D eigenvalue weighted by Gasteiger charge is -2.22. The first-order valence-electron chi connectivity index (χ1n) is 8.14. The summed E-state index contributed by atoms with van der Waals surface area (Å²) in [5, 5.41) is 6.73. The van der Waals surface area contributed by atoms with Gasteiger partial charge in [0, 0.05) is 38.2 Å². The lowest BCUT2D eigenvalue weighted by atomic mass is 10.3. The van der Waals surface area contributed by atoms with E-state index in [9.17, 15) is 4.79 Å². The topological polar surface area (TPSA) is 61.7 Å². The summed E-state index contributed by atoms with van der Waals surface area (Å²) in [6, 6.07) is 11.3. The van der Waals surface area contributed by atoms with Crippen molar-refractivity contribution in [2.75, 3.05) is 25.5 Å². The number of benzene rings is 1. The molecule has 0 radical (unpaired) electrons. The number of rotatable bonds is 6. The summed E-state index contributed by atoms with van der Waals surface area (Å²) in [5.74, 6) is 0.514. The van der Waals surface area contributed by atoms with Gasteiger partial charge in [0.05, 0.1) is 11.6 Å². The van der Waals surface area contributed by atoms with Crippen LogP contribution >= 0.6 is 11.6 Å². The molecule has 2 N–H and O–H groups in total. The fraction of sp³-hybridized carbons (Fsp3) is 0.333. The lowest BCUT2D eigenvalue weighted by molar-refractivity contribution is -0.114. The first-order chi connectivity index (χ1) is 12.0. The van der Waals surface area contributed by atoms with Gasteiger partial charge in [0.15, 0.2) is 5.96 Å². The van der Waals surface area contributed by atoms with E-state index < -0.39 is 0 Å². The summed E-state index contributed by atoms with van der Waals surface area (Å²) in [7, 11) is 3.88. The summed E-state index contributed by atoms with van der Waals surface area (Å²) in [6.07, 6.45) is 1.86. The second-order valence-electron chi connectivity index (χ2n) is 5.70. The minimum atomic E-state index is -0.156. The van der Waals surface area contributed by atoms with Crippen LogP contribution in [0.5, 0.6) is 0 Å². The third-order valence-corrected chi connectivity index (χ3v) is 3.81. The molecule has 6 nitrogen and oxygen atoms in total. The molecule has 7 heteroatoms. The van der Waals surface area contributed by atoms with Gasteiger partial charge in [-0.2, -0.15) is 0 Å². The van der Waals surface area contributed by atoms with Gasteiger partial charge in [0.1, 0.15) is 6.54 Å². The van der Waals surface area contributed by atoms with Gasteiger partial charge in [-0.25, -0.2) is 4.99 Å². The zero-order chi connectivity index (χ0) is 18.2. The van der Waals surface area contributed by atoms with Crippen LogP contribution in [-0.2, 0) is 18.4 Å². The van der Waals surface area contributed by atoms with Gasteiger partial charge in [0.2, 0.25) is 5.91 Å². The van der Waals surface area contributed by atoms with Crippen molar-refractivity contribution in [1.29, 1.82) is 0 Å². The van der Waals surface area contributed by atoms with Crippen molar-refractivity contribution in [3.8, 4) is 0 Å². The number of aliphatic imine (C=N–C) groups is 1. The number of halogens is 1. The Bertz CT molecular complexity index is 726. The SMILES string of the molecule is CCNC(=NCC(=O)Nc1ccccc1)N(C)Cc1cc(Cl)cn1C. The van der Waals surface area contributed by atoms with Crippen LogP contribution in [0.4, 0.5) is 5.69 Å². The standard InChI is InChI=1S/C18H24ClN5O/c1-4-20-18(24(3)13-16-10-14(19)12-23(16)2)21-11-17(25)22-15-8-6-5-7-9-15/h5-10,12H,4,11,13H2,1-3H3,(H,20,21)(H,22,25). The average molecular weight is 362 g/mol. The molecule has 0 aliphatic heterocycles. The van der Waals surface area contributed by atoms with E-state index in [4.69, 9.17) is 11.6 Å². The molecule has 0 aliphatic rings. The summed E-state index contributed by atoms with van der Waals surface area (Å²) in [6.45, 7) is 3.40. The van der Waals surface area contributed by atoms with Crippen molar-refractivity contribution in [2.45, 2.75) is 13.5 Å². The van der Waals surface area contributed by atoms with E-state index in [-0.39, 0.29) is 12.5 Å². The molecule has 2 aromatic rings. The molecule has 25 heavy (non-hydrogen) atoms. The Morgan fingerprint density at radius 3 is 2.64 bits per heavy atom. The highest BCUT2D eigenvalue weighted by atomic mass is 35.5. The Morgan fingerprint density at radius 2 is 2.04 bits per heavy atom. The number of hydrogen-bond acceptors (Lipinski definition) is 2. The Hall–Kier alpha value is -2.47. The minimum absolute atomic E-state index is 0.0511.